The Hall–Kier alpha value is -1.05. The smallest absolute Gasteiger partial charge is 0.129 e. The van der Waals surface area contributed by atoms with Crippen LogP contribution in [0.2, 0.25) is 0 Å². The highest BCUT2D eigenvalue weighted by Gasteiger charge is 2.14. The third-order valence-electron chi connectivity index (χ3n) is 2.33. The number of fused-ring (bicyclic) bond motifs is 1. The molecule has 64 valence electrons. The molecule has 1 atom stereocenters. The molecule has 0 radical (unpaired) electrons. The summed E-state index contributed by atoms with van der Waals surface area (Å²) >= 11 is 0. The highest BCUT2D eigenvalue weighted by atomic mass is 15.0. The molecule has 0 spiro atoms. The average Bonchev–Trinajstić information content (AvgIpc) is 2.05. The molecule has 0 aliphatic carbocycles. The van der Waals surface area contributed by atoms with E-state index in [0.717, 1.165) is 12.2 Å². The van der Waals surface area contributed by atoms with E-state index >= 15 is 0 Å². The molecule has 0 aromatic carbocycles. The third-order valence-corrected chi connectivity index (χ3v) is 2.33. The zero-order chi connectivity index (χ0) is 8.55. The van der Waals surface area contributed by atoms with Crippen LogP contribution in [-0.4, -0.2) is 11.0 Å². The van der Waals surface area contributed by atoms with E-state index in [1.165, 1.54) is 17.5 Å². The minimum atomic E-state index is 0.577. The van der Waals surface area contributed by atoms with Crippen molar-refractivity contribution in [3.63, 3.8) is 0 Å². The second-order valence-electron chi connectivity index (χ2n) is 3.60. The van der Waals surface area contributed by atoms with Gasteiger partial charge in [0, 0.05) is 12.2 Å². The highest BCUT2D eigenvalue weighted by Crippen LogP contribution is 2.22. The van der Waals surface area contributed by atoms with E-state index in [2.05, 4.69) is 30.2 Å². The molecular weight excluding hydrogens is 148 g/mol. The van der Waals surface area contributed by atoms with Crippen molar-refractivity contribution >= 4 is 5.82 Å². The van der Waals surface area contributed by atoms with Crippen LogP contribution in [0.15, 0.2) is 12.3 Å². The molecule has 1 N–H and O–H groups in total. The normalized spacial score (nSPS) is 21.3. The molecule has 0 saturated carbocycles. The molecule has 0 bridgehead atoms. The zero-order valence-electron chi connectivity index (χ0n) is 7.59. The number of pyridine rings is 1. The Bertz CT molecular complexity index is 294. The Morgan fingerprint density at radius 2 is 2.42 bits per heavy atom. The molecule has 0 fully saturated rings. The van der Waals surface area contributed by atoms with Crippen molar-refractivity contribution in [3.8, 4) is 0 Å². The SMILES string of the molecule is Cc1cnc2c(c1)CCC(C)N2. The molecule has 2 nitrogen and oxygen atoms in total. The summed E-state index contributed by atoms with van der Waals surface area (Å²) in [5.41, 5.74) is 2.62. The Morgan fingerprint density at radius 3 is 3.25 bits per heavy atom. The molecule has 1 unspecified atom stereocenters. The number of rotatable bonds is 0. The molecule has 1 aromatic heterocycles. The predicted octanol–water partition coefficient (Wildman–Crippen LogP) is 2.14. The van der Waals surface area contributed by atoms with Gasteiger partial charge >= 0.3 is 0 Å². The molecular formula is C10H14N2. The van der Waals surface area contributed by atoms with Crippen LogP contribution in [0.25, 0.3) is 0 Å². The van der Waals surface area contributed by atoms with Crippen LogP contribution in [0.5, 0.6) is 0 Å². The second-order valence-corrected chi connectivity index (χ2v) is 3.60. The Labute approximate surface area is 73.0 Å². The van der Waals surface area contributed by atoms with Crippen LogP contribution in [0.3, 0.4) is 0 Å². The van der Waals surface area contributed by atoms with Gasteiger partial charge in [-0.05, 0) is 37.8 Å². The first kappa shape index (κ1) is 7.59. The maximum absolute atomic E-state index is 4.36. The largest absolute Gasteiger partial charge is 0.367 e. The van der Waals surface area contributed by atoms with E-state index < -0.39 is 0 Å². The fourth-order valence-corrected chi connectivity index (χ4v) is 1.63. The fraction of sp³-hybridized carbons (Fsp3) is 0.500. The van der Waals surface area contributed by atoms with Crippen molar-refractivity contribution in [2.75, 3.05) is 5.32 Å². The summed E-state index contributed by atoms with van der Waals surface area (Å²) in [5, 5.41) is 3.38. The lowest BCUT2D eigenvalue weighted by Crippen LogP contribution is -2.22. The molecule has 12 heavy (non-hydrogen) atoms. The third kappa shape index (κ3) is 1.29. The predicted molar refractivity (Wildman–Crippen MR) is 50.4 cm³/mol. The first-order valence-corrected chi connectivity index (χ1v) is 4.48. The van der Waals surface area contributed by atoms with E-state index in [1.807, 2.05) is 6.20 Å². The van der Waals surface area contributed by atoms with Gasteiger partial charge in [0.05, 0.1) is 0 Å². The van der Waals surface area contributed by atoms with Gasteiger partial charge in [0.1, 0.15) is 5.82 Å². The highest BCUT2D eigenvalue weighted by molar-refractivity contribution is 5.48. The van der Waals surface area contributed by atoms with Crippen molar-refractivity contribution in [2.24, 2.45) is 0 Å². The van der Waals surface area contributed by atoms with Gasteiger partial charge in [-0.3, -0.25) is 0 Å². The van der Waals surface area contributed by atoms with E-state index in [1.54, 1.807) is 0 Å². The number of hydrogen-bond donors (Lipinski definition) is 1. The summed E-state index contributed by atoms with van der Waals surface area (Å²) in [6.07, 6.45) is 4.31. The number of aromatic nitrogens is 1. The van der Waals surface area contributed by atoms with Gasteiger partial charge in [0.15, 0.2) is 0 Å². The number of aryl methyl sites for hydroxylation is 2. The van der Waals surface area contributed by atoms with Gasteiger partial charge in [-0.2, -0.15) is 0 Å². The Balaban J connectivity index is 2.37. The number of nitrogens with zero attached hydrogens (tertiary/aromatic N) is 1. The lowest BCUT2D eigenvalue weighted by atomic mass is 10.0. The summed E-state index contributed by atoms with van der Waals surface area (Å²) in [6, 6.07) is 2.80. The summed E-state index contributed by atoms with van der Waals surface area (Å²) in [6.45, 7) is 4.29. The van der Waals surface area contributed by atoms with Gasteiger partial charge < -0.3 is 5.32 Å². The van der Waals surface area contributed by atoms with Crippen LogP contribution in [0.1, 0.15) is 24.5 Å². The Kier molecular flexibility index (Phi) is 1.75. The second kappa shape index (κ2) is 2.77. The number of nitrogens with one attached hydrogen (secondary N) is 1. The molecule has 0 saturated heterocycles. The standard InChI is InChI=1S/C10H14N2/c1-7-5-9-4-3-8(2)12-10(9)11-6-7/h5-6,8H,3-4H2,1-2H3,(H,11,12). The molecule has 1 aromatic rings. The lowest BCUT2D eigenvalue weighted by molar-refractivity contribution is 0.673. The molecule has 2 heterocycles. The summed E-state index contributed by atoms with van der Waals surface area (Å²) < 4.78 is 0. The van der Waals surface area contributed by atoms with Gasteiger partial charge in [0.2, 0.25) is 0 Å². The van der Waals surface area contributed by atoms with Crippen molar-refractivity contribution in [1.82, 2.24) is 4.98 Å². The van der Waals surface area contributed by atoms with Gasteiger partial charge in [-0.15, -0.1) is 0 Å². The molecule has 2 heteroatoms. The van der Waals surface area contributed by atoms with Crippen molar-refractivity contribution in [1.29, 1.82) is 0 Å². The number of anilines is 1. The quantitative estimate of drug-likeness (QED) is 0.632. The molecule has 1 aliphatic heterocycles. The van der Waals surface area contributed by atoms with Gasteiger partial charge in [-0.1, -0.05) is 6.07 Å². The van der Waals surface area contributed by atoms with Crippen LogP contribution in [0, 0.1) is 6.92 Å². The topological polar surface area (TPSA) is 24.9 Å². The average molecular weight is 162 g/mol. The summed E-state index contributed by atoms with van der Waals surface area (Å²) in [4.78, 5) is 4.36. The van der Waals surface area contributed by atoms with Gasteiger partial charge in [-0.25, -0.2) is 4.98 Å². The molecule has 2 rings (SSSR count). The molecule has 0 amide bonds. The minimum absolute atomic E-state index is 0.577. The summed E-state index contributed by atoms with van der Waals surface area (Å²) in [5.74, 6) is 1.08. The minimum Gasteiger partial charge on any atom is -0.367 e. The van der Waals surface area contributed by atoms with Crippen LogP contribution >= 0.6 is 0 Å². The summed E-state index contributed by atoms with van der Waals surface area (Å²) in [7, 11) is 0. The van der Waals surface area contributed by atoms with Crippen LogP contribution < -0.4 is 5.32 Å². The first-order chi connectivity index (χ1) is 5.75. The van der Waals surface area contributed by atoms with Crippen LogP contribution in [0.4, 0.5) is 5.82 Å². The van der Waals surface area contributed by atoms with Crippen molar-refractivity contribution < 1.29 is 0 Å². The number of hydrogen-bond acceptors (Lipinski definition) is 2. The lowest BCUT2D eigenvalue weighted by Gasteiger charge is -2.22. The fourth-order valence-electron chi connectivity index (χ4n) is 1.63. The van der Waals surface area contributed by atoms with E-state index in [0.29, 0.717) is 6.04 Å². The van der Waals surface area contributed by atoms with Crippen molar-refractivity contribution in [2.45, 2.75) is 32.7 Å². The van der Waals surface area contributed by atoms with Crippen molar-refractivity contribution in [3.05, 3.63) is 23.4 Å². The van der Waals surface area contributed by atoms with Gasteiger partial charge in [0.25, 0.3) is 0 Å². The Morgan fingerprint density at radius 1 is 1.58 bits per heavy atom. The van der Waals surface area contributed by atoms with Crippen LogP contribution in [-0.2, 0) is 6.42 Å². The monoisotopic (exact) mass is 162 g/mol. The molecule has 1 aliphatic rings. The maximum Gasteiger partial charge on any atom is 0.129 e. The van der Waals surface area contributed by atoms with E-state index in [4.69, 9.17) is 0 Å². The van der Waals surface area contributed by atoms with E-state index in [9.17, 15) is 0 Å². The zero-order valence-corrected chi connectivity index (χ0v) is 7.59. The maximum atomic E-state index is 4.36. The van der Waals surface area contributed by atoms with E-state index in [-0.39, 0.29) is 0 Å². The first-order valence-electron chi connectivity index (χ1n) is 4.48.